The first-order valence-corrected chi connectivity index (χ1v) is 6.18. The van der Waals surface area contributed by atoms with Gasteiger partial charge in [-0.05, 0) is 41.0 Å². The van der Waals surface area contributed by atoms with Gasteiger partial charge in [0.2, 0.25) is 5.91 Å². The van der Waals surface area contributed by atoms with E-state index in [1.165, 1.54) is 0 Å². The van der Waals surface area contributed by atoms with Crippen molar-refractivity contribution in [2.24, 2.45) is 5.73 Å². The normalized spacial score (nSPS) is 10.2. The van der Waals surface area contributed by atoms with Gasteiger partial charge in [-0.25, -0.2) is 0 Å². The van der Waals surface area contributed by atoms with Crippen molar-refractivity contribution < 1.29 is 9.53 Å². The molecule has 0 fully saturated rings. The first kappa shape index (κ1) is 13.4. The van der Waals surface area contributed by atoms with Gasteiger partial charge in [-0.3, -0.25) is 4.79 Å². The number of amides is 1. The maximum atomic E-state index is 11.0. The summed E-state index contributed by atoms with van der Waals surface area (Å²) >= 11 is 5.87. The molecule has 0 spiro atoms. The fourth-order valence-electron chi connectivity index (χ4n) is 1.89. The van der Waals surface area contributed by atoms with E-state index in [1.807, 2.05) is 42.5 Å². The first-order valence-electron chi connectivity index (χ1n) is 5.80. The number of rotatable bonds is 4. The maximum Gasteiger partial charge on any atom is 0.221 e. The molecule has 0 heterocycles. The largest absolute Gasteiger partial charge is 0.497 e. The van der Waals surface area contributed by atoms with Crippen LogP contribution in [0.2, 0.25) is 5.02 Å². The summed E-state index contributed by atoms with van der Waals surface area (Å²) in [4.78, 5) is 11.0. The van der Waals surface area contributed by atoms with Crippen LogP contribution in [0, 0.1) is 0 Å². The predicted octanol–water partition coefficient (Wildman–Crippen LogP) is 3.04. The first-order chi connectivity index (χ1) is 9.08. The molecule has 4 heteroatoms. The van der Waals surface area contributed by atoms with Crippen LogP contribution in [0.25, 0.3) is 11.1 Å². The standard InChI is InChI=1S/C15H14ClNO2/c1-19-14-7-10(8-15(17)18)6-12(9-14)11-2-4-13(16)5-3-11/h2-7,9H,8H2,1H3,(H2,17,18). The molecule has 0 bridgehead atoms. The van der Waals surface area contributed by atoms with E-state index in [4.69, 9.17) is 22.1 Å². The Balaban J connectivity index is 2.44. The van der Waals surface area contributed by atoms with Gasteiger partial charge in [0.05, 0.1) is 13.5 Å². The lowest BCUT2D eigenvalue weighted by Crippen LogP contribution is -2.13. The number of carbonyl (C=O) groups excluding carboxylic acids is 1. The van der Waals surface area contributed by atoms with Gasteiger partial charge in [-0.15, -0.1) is 0 Å². The van der Waals surface area contributed by atoms with E-state index in [1.54, 1.807) is 7.11 Å². The van der Waals surface area contributed by atoms with Crippen molar-refractivity contribution in [2.45, 2.75) is 6.42 Å². The van der Waals surface area contributed by atoms with E-state index in [-0.39, 0.29) is 12.3 Å². The number of carbonyl (C=O) groups is 1. The molecule has 2 N–H and O–H groups in total. The lowest BCUT2D eigenvalue weighted by molar-refractivity contribution is -0.117. The Morgan fingerprint density at radius 1 is 1.16 bits per heavy atom. The van der Waals surface area contributed by atoms with Crippen LogP contribution in [0.3, 0.4) is 0 Å². The monoisotopic (exact) mass is 275 g/mol. The summed E-state index contributed by atoms with van der Waals surface area (Å²) in [6, 6.07) is 13.1. The zero-order chi connectivity index (χ0) is 13.8. The van der Waals surface area contributed by atoms with E-state index in [0.717, 1.165) is 16.7 Å². The van der Waals surface area contributed by atoms with Crippen molar-refractivity contribution in [2.75, 3.05) is 7.11 Å². The highest BCUT2D eigenvalue weighted by Crippen LogP contribution is 2.27. The highest BCUT2D eigenvalue weighted by Gasteiger charge is 2.06. The average Bonchev–Trinajstić information content (AvgIpc) is 2.38. The number of benzene rings is 2. The number of nitrogens with two attached hydrogens (primary N) is 1. The summed E-state index contributed by atoms with van der Waals surface area (Å²) in [6.07, 6.45) is 0.192. The SMILES string of the molecule is COc1cc(CC(N)=O)cc(-c2ccc(Cl)cc2)c1. The maximum absolute atomic E-state index is 11.0. The summed E-state index contributed by atoms with van der Waals surface area (Å²) in [5.74, 6) is 0.332. The minimum Gasteiger partial charge on any atom is -0.497 e. The molecule has 19 heavy (non-hydrogen) atoms. The molecule has 2 aromatic carbocycles. The summed E-state index contributed by atoms with van der Waals surface area (Å²) in [5.41, 5.74) is 8.03. The molecule has 0 aliphatic heterocycles. The minimum atomic E-state index is -0.365. The molecule has 0 aliphatic carbocycles. The van der Waals surface area contributed by atoms with Crippen LogP contribution < -0.4 is 10.5 Å². The smallest absolute Gasteiger partial charge is 0.221 e. The number of primary amides is 1. The van der Waals surface area contributed by atoms with E-state index in [9.17, 15) is 4.79 Å². The van der Waals surface area contributed by atoms with Crippen molar-refractivity contribution in [3.05, 3.63) is 53.1 Å². The van der Waals surface area contributed by atoms with Gasteiger partial charge in [-0.1, -0.05) is 29.8 Å². The van der Waals surface area contributed by atoms with E-state index < -0.39 is 0 Å². The Hall–Kier alpha value is -2.00. The van der Waals surface area contributed by atoms with Gasteiger partial charge in [0.25, 0.3) is 0 Å². The van der Waals surface area contributed by atoms with Gasteiger partial charge in [0.1, 0.15) is 5.75 Å². The van der Waals surface area contributed by atoms with Crippen LogP contribution in [-0.4, -0.2) is 13.0 Å². The lowest BCUT2D eigenvalue weighted by atomic mass is 10.0. The Labute approximate surface area is 117 Å². The quantitative estimate of drug-likeness (QED) is 0.932. The fraction of sp³-hybridized carbons (Fsp3) is 0.133. The summed E-state index contributed by atoms with van der Waals surface area (Å²) in [6.45, 7) is 0. The molecule has 0 aliphatic rings. The summed E-state index contributed by atoms with van der Waals surface area (Å²) < 4.78 is 5.24. The summed E-state index contributed by atoms with van der Waals surface area (Å²) in [7, 11) is 1.59. The summed E-state index contributed by atoms with van der Waals surface area (Å²) in [5, 5.41) is 0.684. The molecule has 1 amide bonds. The van der Waals surface area contributed by atoms with E-state index in [2.05, 4.69) is 0 Å². The van der Waals surface area contributed by atoms with Crippen molar-refractivity contribution in [1.29, 1.82) is 0 Å². The van der Waals surface area contributed by atoms with E-state index >= 15 is 0 Å². The third-order valence-corrected chi connectivity index (χ3v) is 3.01. The number of hydrogen-bond acceptors (Lipinski definition) is 2. The third kappa shape index (κ3) is 3.48. The molecular formula is C15H14ClNO2. The Morgan fingerprint density at radius 2 is 1.84 bits per heavy atom. The zero-order valence-corrected chi connectivity index (χ0v) is 11.3. The number of hydrogen-bond donors (Lipinski definition) is 1. The number of ether oxygens (including phenoxy) is 1. The van der Waals surface area contributed by atoms with Gasteiger partial charge in [0, 0.05) is 5.02 Å². The molecule has 2 rings (SSSR count). The van der Waals surface area contributed by atoms with Gasteiger partial charge < -0.3 is 10.5 Å². The fourth-order valence-corrected chi connectivity index (χ4v) is 2.02. The average molecular weight is 276 g/mol. The molecule has 0 unspecified atom stereocenters. The third-order valence-electron chi connectivity index (χ3n) is 2.76. The van der Waals surface area contributed by atoms with Gasteiger partial charge in [-0.2, -0.15) is 0 Å². The topological polar surface area (TPSA) is 52.3 Å². The second kappa shape index (κ2) is 5.76. The second-order valence-corrected chi connectivity index (χ2v) is 4.66. The van der Waals surface area contributed by atoms with Crippen molar-refractivity contribution in [3.8, 4) is 16.9 Å². The Bertz CT molecular complexity index is 594. The number of methoxy groups -OCH3 is 1. The molecule has 0 aromatic heterocycles. The molecule has 0 radical (unpaired) electrons. The molecule has 98 valence electrons. The van der Waals surface area contributed by atoms with Crippen molar-refractivity contribution >= 4 is 17.5 Å². The van der Waals surface area contributed by atoms with Gasteiger partial charge >= 0.3 is 0 Å². The molecular weight excluding hydrogens is 262 g/mol. The number of halogens is 1. The Morgan fingerprint density at radius 3 is 2.42 bits per heavy atom. The van der Waals surface area contributed by atoms with Crippen LogP contribution in [0.1, 0.15) is 5.56 Å². The molecule has 2 aromatic rings. The lowest BCUT2D eigenvalue weighted by Gasteiger charge is -2.08. The minimum absolute atomic E-state index is 0.192. The van der Waals surface area contributed by atoms with Gasteiger partial charge in [0.15, 0.2) is 0 Å². The molecule has 0 saturated heterocycles. The van der Waals surface area contributed by atoms with Crippen LogP contribution in [0.5, 0.6) is 5.75 Å². The zero-order valence-electron chi connectivity index (χ0n) is 10.5. The molecule has 0 atom stereocenters. The Kier molecular flexibility index (Phi) is 4.07. The highest BCUT2D eigenvalue weighted by atomic mass is 35.5. The predicted molar refractivity (Wildman–Crippen MR) is 76.3 cm³/mol. The molecule has 3 nitrogen and oxygen atoms in total. The van der Waals surface area contributed by atoms with Crippen LogP contribution in [-0.2, 0) is 11.2 Å². The van der Waals surface area contributed by atoms with Crippen LogP contribution >= 0.6 is 11.6 Å². The molecule has 0 saturated carbocycles. The van der Waals surface area contributed by atoms with Crippen LogP contribution in [0.15, 0.2) is 42.5 Å². The van der Waals surface area contributed by atoms with Crippen LogP contribution in [0.4, 0.5) is 0 Å². The second-order valence-electron chi connectivity index (χ2n) is 4.22. The van der Waals surface area contributed by atoms with E-state index in [0.29, 0.717) is 10.8 Å². The van der Waals surface area contributed by atoms with Crippen molar-refractivity contribution in [1.82, 2.24) is 0 Å². The van der Waals surface area contributed by atoms with Crippen molar-refractivity contribution in [3.63, 3.8) is 0 Å². The highest BCUT2D eigenvalue weighted by molar-refractivity contribution is 6.30.